The number of hydrogen-bond acceptors (Lipinski definition) is 3. The highest BCUT2D eigenvalue weighted by Gasteiger charge is 2.33. The van der Waals surface area contributed by atoms with E-state index in [0.717, 1.165) is 29.0 Å². The van der Waals surface area contributed by atoms with Gasteiger partial charge in [0.05, 0.1) is 4.88 Å². The summed E-state index contributed by atoms with van der Waals surface area (Å²) in [7, 11) is 0. The summed E-state index contributed by atoms with van der Waals surface area (Å²) in [6.45, 7) is 0.668. The fraction of sp³-hybridized carbons (Fsp3) is 0.267. The van der Waals surface area contributed by atoms with Crippen molar-refractivity contribution in [2.75, 3.05) is 5.73 Å². The van der Waals surface area contributed by atoms with Crippen LogP contribution in [0.2, 0.25) is 0 Å². The SMILES string of the molecule is Nc1ccc(CN(C(=O)c2cccs2)C2CC2)cc1. The molecule has 1 aromatic carbocycles. The molecule has 0 saturated heterocycles. The van der Waals surface area contributed by atoms with Gasteiger partial charge in [-0.25, -0.2) is 0 Å². The van der Waals surface area contributed by atoms with Crippen LogP contribution in [0.25, 0.3) is 0 Å². The van der Waals surface area contributed by atoms with Crippen LogP contribution in [-0.2, 0) is 6.54 Å². The molecular formula is C15H16N2OS. The molecule has 1 aromatic heterocycles. The molecule has 1 aliphatic rings. The van der Waals surface area contributed by atoms with Crippen molar-refractivity contribution in [2.45, 2.75) is 25.4 Å². The van der Waals surface area contributed by atoms with Gasteiger partial charge < -0.3 is 10.6 Å². The van der Waals surface area contributed by atoms with Gasteiger partial charge in [-0.3, -0.25) is 4.79 Å². The summed E-state index contributed by atoms with van der Waals surface area (Å²) in [4.78, 5) is 15.3. The lowest BCUT2D eigenvalue weighted by Crippen LogP contribution is -2.32. The van der Waals surface area contributed by atoms with E-state index >= 15 is 0 Å². The van der Waals surface area contributed by atoms with E-state index in [1.165, 1.54) is 11.3 Å². The molecule has 0 spiro atoms. The molecule has 2 N–H and O–H groups in total. The number of carbonyl (C=O) groups is 1. The van der Waals surface area contributed by atoms with E-state index in [4.69, 9.17) is 5.73 Å². The number of benzene rings is 1. The quantitative estimate of drug-likeness (QED) is 0.869. The summed E-state index contributed by atoms with van der Waals surface area (Å²) < 4.78 is 0. The normalized spacial score (nSPS) is 14.3. The van der Waals surface area contributed by atoms with Crippen molar-refractivity contribution in [2.24, 2.45) is 0 Å². The van der Waals surface area contributed by atoms with Gasteiger partial charge in [0.15, 0.2) is 0 Å². The Morgan fingerprint density at radius 1 is 1.26 bits per heavy atom. The Morgan fingerprint density at radius 3 is 2.58 bits per heavy atom. The predicted molar refractivity (Wildman–Crippen MR) is 78.1 cm³/mol. The fourth-order valence-electron chi connectivity index (χ4n) is 2.11. The zero-order chi connectivity index (χ0) is 13.2. The van der Waals surface area contributed by atoms with E-state index in [0.29, 0.717) is 12.6 Å². The third kappa shape index (κ3) is 2.79. The van der Waals surface area contributed by atoms with Crippen LogP contribution in [0, 0.1) is 0 Å². The van der Waals surface area contributed by atoms with Gasteiger partial charge in [-0.15, -0.1) is 11.3 Å². The molecule has 3 nitrogen and oxygen atoms in total. The van der Waals surface area contributed by atoms with Crippen molar-refractivity contribution in [3.63, 3.8) is 0 Å². The highest BCUT2D eigenvalue weighted by atomic mass is 32.1. The third-order valence-electron chi connectivity index (χ3n) is 3.31. The maximum Gasteiger partial charge on any atom is 0.264 e. The van der Waals surface area contributed by atoms with E-state index in [1.807, 2.05) is 46.7 Å². The number of hydrogen-bond donors (Lipinski definition) is 1. The highest BCUT2D eigenvalue weighted by molar-refractivity contribution is 7.12. The number of nitrogens with zero attached hydrogens (tertiary/aromatic N) is 1. The van der Waals surface area contributed by atoms with E-state index < -0.39 is 0 Å². The molecule has 1 fully saturated rings. The number of anilines is 1. The Kier molecular flexibility index (Phi) is 3.25. The maximum atomic E-state index is 12.5. The average Bonchev–Trinajstić information content (AvgIpc) is 3.11. The number of amides is 1. The van der Waals surface area contributed by atoms with E-state index in [9.17, 15) is 4.79 Å². The first-order chi connectivity index (χ1) is 9.24. The molecule has 2 aromatic rings. The van der Waals surface area contributed by atoms with Crippen molar-refractivity contribution in [1.82, 2.24) is 4.90 Å². The zero-order valence-electron chi connectivity index (χ0n) is 10.6. The second-order valence-corrected chi connectivity index (χ2v) is 5.83. The van der Waals surface area contributed by atoms with Gasteiger partial charge in [-0.1, -0.05) is 18.2 Å². The molecule has 1 heterocycles. The molecule has 4 heteroatoms. The maximum absolute atomic E-state index is 12.5. The van der Waals surface area contributed by atoms with E-state index in [1.54, 1.807) is 0 Å². The lowest BCUT2D eigenvalue weighted by atomic mass is 10.2. The van der Waals surface area contributed by atoms with Gasteiger partial charge in [-0.2, -0.15) is 0 Å². The molecule has 19 heavy (non-hydrogen) atoms. The van der Waals surface area contributed by atoms with E-state index in [2.05, 4.69) is 0 Å². The van der Waals surface area contributed by atoms with Crippen LogP contribution in [0.4, 0.5) is 5.69 Å². The number of nitrogens with two attached hydrogens (primary N) is 1. The Morgan fingerprint density at radius 2 is 2.00 bits per heavy atom. The highest BCUT2D eigenvalue weighted by Crippen LogP contribution is 2.30. The first kappa shape index (κ1) is 12.2. The van der Waals surface area contributed by atoms with Crippen LogP contribution < -0.4 is 5.73 Å². The Bertz CT molecular complexity index is 558. The first-order valence-corrected chi connectivity index (χ1v) is 7.31. The number of carbonyl (C=O) groups excluding carboxylic acids is 1. The van der Waals surface area contributed by atoms with Crippen LogP contribution in [-0.4, -0.2) is 16.8 Å². The summed E-state index contributed by atoms with van der Waals surface area (Å²) in [6, 6.07) is 12.0. The molecule has 1 aliphatic carbocycles. The third-order valence-corrected chi connectivity index (χ3v) is 4.17. The Balaban J connectivity index is 1.78. The topological polar surface area (TPSA) is 46.3 Å². The van der Waals surface area contributed by atoms with Gasteiger partial charge in [0.2, 0.25) is 0 Å². The number of rotatable bonds is 4. The summed E-state index contributed by atoms with van der Waals surface area (Å²) in [5.74, 6) is 0.148. The molecular weight excluding hydrogens is 256 g/mol. The van der Waals surface area contributed by atoms with E-state index in [-0.39, 0.29) is 5.91 Å². The van der Waals surface area contributed by atoms with Gasteiger partial charge in [-0.05, 0) is 42.0 Å². The molecule has 98 valence electrons. The minimum absolute atomic E-state index is 0.148. The summed E-state index contributed by atoms with van der Waals surface area (Å²) in [5.41, 5.74) is 7.57. The zero-order valence-corrected chi connectivity index (χ0v) is 11.4. The Labute approximate surface area is 116 Å². The second-order valence-electron chi connectivity index (χ2n) is 4.88. The van der Waals surface area contributed by atoms with Gasteiger partial charge in [0.25, 0.3) is 5.91 Å². The van der Waals surface area contributed by atoms with Crippen molar-refractivity contribution in [3.8, 4) is 0 Å². The fourth-order valence-corrected chi connectivity index (χ4v) is 2.79. The van der Waals surface area contributed by atoms with Crippen molar-refractivity contribution < 1.29 is 4.79 Å². The molecule has 0 atom stereocenters. The molecule has 0 aliphatic heterocycles. The largest absolute Gasteiger partial charge is 0.399 e. The van der Waals surface area contributed by atoms with Gasteiger partial charge >= 0.3 is 0 Å². The van der Waals surface area contributed by atoms with Crippen LogP contribution in [0.15, 0.2) is 41.8 Å². The molecule has 3 rings (SSSR count). The van der Waals surface area contributed by atoms with Crippen LogP contribution in [0.5, 0.6) is 0 Å². The van der Waals surface area contributed by atoms with Gasteiger partial charge in [0.1, 0.15) is 0 Å². The predicted octanol–water partition coefficient (Wildman–Crippen LogP) is 3.14. The summed E-state index contributed by atoms with van der Waals surface area (Å²) >= 11 is 1.51. The standard InChI is InChI=1S/C15H16N2OS/c16-12-5-3-11(4-6-12)10-17(13-7-8-13)15(18)14-2-1-9-19-14/h1-6,9,13H,7-8,10,16H2. The second kappa shape index (κ2) is 5.05. The minimum atomic E-state index is 0.148. The van der Waals surface area contributed by atoms with Gasteiger partial charge in [0, 0.05) is 18.3 Å². The number of nitrogen functional groups attached to an aromatic ring is 1. The lowest BCUT2D eigenvalue weighted by Gasteiger charge is -2.22. The summed E-state index contributed by atoms with van der Waals surface area (Å²) in [5, 5.41) is 1.95. The van der Waals surface area contributed by atoms with Crippen molar-refractivity contribution in [1.29, 1.82) is 0 Å². The number of thiophene rings is 1. The lowest BCUT2D eigenvalue weighted by molar-refractivity contribution is 0.0735. The van der Waals surface area contributed by atoms with Crippen LogP contribution in [0.1, 0.15) is 28.1 Å². The molecule has 0 unspecified atom stereocenters. The molecule has 0 bridgehead atoms. The van der Waals surface area contributed by atoms with Crippen LogP contribution >= 0.6 is 11.3 Å². The summed E-state index contributed by atoms with van der Waals surface area (Å²) in [6.07, 6.45) is 2.23. The molecule has 0 radical (unpaired) electrons. The molecule has 1 amide bonds. The monoisotopic (exact) mass is 272 g/mol. The smallest absolute Gasteiger partial charge is 0.264 e. The van der Waals surface area contributed by atoms with Crippen molar-refractivity contribution in [3.05, 3.63) is 52.2 Å². The van der Waals surface area contributed by atoms with Crippen LogP contribution in [0.3, 0.4) is 0 Å². The molecule has 1 saturated carbocycles. The first-order valence-electron chi connectivity index (χ1n) is 6.43. The minimum Gasteiger partial charge on any atom is -0.399 e. The van der Waals surface area contributed by atoms with Crippen molar-refractivity contribution >= 4 is 22.9 Å². The Hall–Kier alpha value is -1.81. The average molecular weight is 272 g/mol.